The first-order valence-corrected chi connectivity index (χ1v) is 9.33. The molecule has 0 radical (unpaired) electrons. The number of fused-ring (bicyclic) bond motifs is 4. The fourth-order valence-corrected chi connectivity index (χ4v) is 4.72. The van der Waals surface area contributed by atoms with Crippen LogP contribution >= 0.6 is 0 Å². The summed E-state index contributed by atoms with van der Waals surface area (Å²) in [6.45, 7) is 7.51. The minimum atomic E-state index is -0.267. The van der Waals surface area contributed by atoms with Gasteiger partial charge < -0.3 is 4.74 Å². The third-order valence-corrected chi connectivity index (χ3v) is 5.94. The van der Waals surface area contributed by atoms with Gasteiger partial charge in [-0.3, -0.25) is 4.90 Å². The zero-order chi connectivity index (χ0) is 16.6. The van der Waals surface area contributed by atoms with Gasteiger partial charge >= 0.3 is 0 Å². The number of ether oxygens (including phenoxy) is 1. The molecular weight excluding hydrogens is 294 g/mol. The van der Waals surface area contributed by atoms with E-state index < -0.39 is 0 Å². The van der Waals surface area contributed by atoms with Crippen molar-refractivity contribution in [3.05, 3.63) is 70.8 Å². The van der Waals surface area contributed by atoms with Crippen LogP contribution in [0.15, 0.2) is 48.5 Å². The largest absolute Gasteiger partial charge is 0.364 e. The second kappa shape index (κ2) is 6.34. The predicted octanol–water partition coefficient (Wildman–Crippen LogP) is 4.16. The predicted molar refractivity (Wildman–Crippen MR) is 98.4 cm³/mol. The van der Waals surface area contributed by atoms with Gasteiger partial charge in [0.1, 0.15) is 5.60 Å². The molecule has 2 nitrogen and oxygen atoms in total. The molecule has 1 aliphatic heterocycles. The van der Waals surface area contributed by atoms with E-state index in [2.05, 4.69) is 67.3 Å². The van der Waals surface area contributed by atoms with Gasteiger partial charge in [0.05, 0.1) is 6.61 Å². The van der Waals surface area contributed by atoms with Crippen molar-refractivity contribution < 1.29 is 4.74 Å². The number of aryl methyl sites for hydroxylation is 2. The Kier molecular flexibility index (Phi) is 4.19. The normalized spacial score (nSPS) is 21.5. The lowest BCUT2D eigenvalue weighted by Gasteiger charge is -2.32. The molecule has 0 N–H and O–H groups in total. The van der Waals surface area contributed by atoms with Gasteiger partial charge in [0.2, 0.25) is 0 Å². The third kappa shape index (κ3) is 2.40. The molecule has 0 amide bonds. The SMILES string of the molecule is CCN(CC)C1COC2(C1)c1ccccc1CCc1ccccc12. The maximum Gasteiger partial charge on any atom is 0.120 e. The minimum absolute atomic E-state index is 0.267. The van der Waals surface area contributed by atoms with Crippen LogP contribution in [0.3, 0.4) is 0 Å². The second-order valence-corrected chi connectivity index (χ2v) is 7.03. The molecule has 4 rings (SSSR count). The van der Waals surface area contributed by atoms with E-state index in [-0.39, 0.29) is 5.60 Å². The summed E-state index contributed by atoms with van der Waals surface area (Å²) < 4.78 is 6.67. The summed E-state index contributed by atoms with van der Waals surface area (Å²) >= 11 is 0. The van der Waals surface area contributed by atoms with Crippen LogP contribution in [-0.2, 0) is 23.2 Å². The van der Waals surface area contributed by atoms with Gasteiger partial charge in [0, 0.05) is 12.5 Å². The molecular formula is C22H27NO. The molecule has 0 aromatic heterocycles. The zero-order valence-electron chi connectivity index (χ0n) is 14.8. The van der Waals surface area contributed by atoms with Gasteiger partial charge in [-0.15, -0.1) is 0 Å². The van der Waals surface area contributed by atoms with E-state index in [4.69, 9.17) is 4.74 Å². The van der Waals surface area contributed by atoms with Gasteiger partial charge in [-0.05, 0) is 48.2 Å². The molecule has 0 saturated carbocycles. The van der Waals surface area contributed by atoms with Crippen LogP contribution in [0.4, 0.5) is 0 Å². The van der Waals surface area contributed by atoms with Crippen molar-refractivity contribution in [2.24, 2.45) is 0 Å². The smallest absolute Gasteiger partial charge is 0.120 e. The number of hydrogen-bond acceptors (Lipinski definition) is 2. The highest BCUT2D eigenvalue weighted by molar-refractivity contribution is 5.48. The number of nitrogens with zero attached hydrogens (tertiary/aromatic N) is 1. The van der Waals surface area contributed by atoms with Crippen LogP contribution in [0.5, 0.6) is 0 Å². The summed E-state index contributed by atoms with van der Waals surface area (Å²) in [5.41, 5.74) is 5.42. The summed E-state index contributed by atoms with van der Waals surface area (Å²) in [4.78, 5) is 2.55. The van der Waals surface area contributed by atoms with E-state index >= 15 is 0 Å². The van der Waals surface area contributed by atoms with Crippen molar-refractivity contribution in [3.8, 4) is 0 Å². The minimum Gasteiger partial charge on any atom is -0.364 e. The molecule has 1 spiro atoms. The molecule has 0 bridgehead atoms. The van der Waals surface area contributed by atoms with Crippen molar-refractivity contribution in [2.75, 3.05) is 19.7 Å². The average molecular weight is 321 g/mol. The van der Waals surface area contributed by atoms with Gasteiger partial charge in [0.25, 0.3) is 0 Å². The van der Waals surface area contributed by atoms with Crippen LogP contribution in [0.1, 0.15) is 42.5 Å². The summed E-state index contributed by atoms with van der Waals surface area (Å²) in [7, 11) is 0. The molecule has 2 aromatic rings. The second-order valence-electron chi connectivity index (χ2n) is 7.03. The standard InChI is InChI=1S/C22H27NO/c1-3-23(4-2)19-15-22(24-16-19)20-11-7-5-9-17(20)13-14-18-10-6-8-12-21(18)22/h5-12,19H,3-4,13-16H2,1-2H3. The average Bonchev–Trinajstić information content (AvgIpc) is 3.02. The van der Waals surface area contributed by atoms with Gasteiger partial charge in [-0.2, -0.15) is 0 Å². The van der Waals surface area contributed by atoms with Gasteiger partial charge in [0.15, 0.2) is 0 Å². The first kappa shape index (κ1) is 15.9. The van der Waals surface area contributed by atoms with E-state index in [0.717, 1.165) is 39.0 Å². The Hall–Kier alpha value is -1.64. The van der Waals surface area contributed by atoms with Gasteiger partial charge in [-0.25, -0.2) is 0 Å². The highest BCUT2D eigenvalue weighted by atomic mass is 16.5. The lowest BCUT2D eigenvalue weighted by atomic mass is 9.80. The third-order valence-electron chi connectivity index (χ3n) is 5.94. The topological polar surface area (TPSA) is 12.5 Å². The molecule has 1 aliphatic carbocycles. The first-order chi connectivity index (χ1) is 11.8. The lowest BCUT2D eigenvalue weighted by molar-refractivity contribution is 0.0320. The van der Waals surface area contributed by atoms with Crippen LogP contribution < -0.4 is 0 Å². The van der Waals surface area contributed by atoms with Crippen LogP contribution in [0.2, 0.25) is 0 Å². The number of likely N-dealkylation sites (N-methyl/N-ethyl adjacent to an activating group) is 1. The number of hydrogen-bond donors (Lipinski definition) is 0. The summed E-state index contributed by atoms with van der Waals surface area (Å²) in [6, 6.07) is 18.3. The highest BCUT2D eigenvalue weighted by Crippen LogP contribution is 2.47. The van der Waals surface area contributed by atoms with E-state index in [1.807, 2.05) is 0 Å². The Morgan fingerprint density at radius 3 is 2.00 bits per heavy atom. The zero-order valence-corrected chi connectivity index (χ0v) is 14.8. The molecule has 1 heterocycles. The van der Waals surface area contributed by atoms with Crippen molar-refractivity contribution in [1.29, 1.82) is 0 Å². The summed E-state index contributed by atoms with van der Waals surface area (Å²) in [5, 5.41) is 0. The molecule has 126 valence electrons. The van der Waals surface area contributed by atoms with Crippen LogP contribution in [-0.4, -0.2) is 30.6 Å². The summed E-state index contributed by atoms with van der Waals surface area (Å²) in [6.07, 6.45) is 3.27. The fourth-order valence-electron chi connectivity index (χ4n) is 4.72. The first-order valence-electron chi connectivity index (χ1n) is 9.33. The Labute approximate surface area is 145 Å². The van der Waals surface area contributed by atoms with E-state index in [9.17, 15) is 0 Å². The van der Waals surface area contributed by atoms with Crippen molar-refractivity contribution in [1.82, 2.24) is 4.90 Å². The Balaban J connectivity index is 1.85. The molecule has 1 atom stereocenters. The Bertz CT molecular complexity index is 672. The number of rotatable bonds is 3. The maximum absolute atomic E-state index is 6.67. The molecule has 1 saturated heterocycles. The monoisotopic (exact) mass is 321 g/mol. The summed E-state index contributed by atoms with van der Waals surface area (Å²) in [5.74, 6) is 0. The van der Waals surface area contributed by atoms with Crippen LogP contribution in [0.25, 0.3) is 0 Å². The quantitative estimate of drug-likeness (QED) is 0.842. The maximum atomic E-state index is 6.67. The molecule has 1 fully saturated rings. The van der Waals surface area contributed by atoms with Gasteiger partial charge in [-0.1, -0.05) is 62.4 Å². The van der Waals surface area contributed by atoms with Crippen molar-refractivity contribution in [3.63, 3.8) is 0 Å². The molecule has 1 unspecified atom stereocenters. The van der Waals surface area contributed by atoms with E-state index in [1.54, 1.807) is 0 Å². The highest BCUT2D eigenvalue weighted by Gasteiger charge is 2.47. The fraction of sp³-hybridized carbons (Fsp3) is 0.455. The molecule has 24 heavy (non-hydrogen) atoms. The lowest BCUT2D eigenvalue weighted by Crippen LogP contribution is -2.36. The Morgan fingerprint density at radius 2 is 1.46 bits per heavy atom. The van der Waals surface area contributed by atoms with Crippen molar-refractivity contribution >= 4 is 0 Å². The molecule has 2 aromatic carbocycles. The number of benzene rings is 2. The van der Waals surface area contributed by atoms with E-state index in [0.29, 0.717) is 6.04 Å². The molecule has 2 heteroatoms. The van der Waals surface area contributed by atoms with E-state index in [1.165, 1.54) is 22.3 Å². The Morgan fingerprint density at radius 1 is 0.917 bits per heavy atom. The molecule has 2 aliphatic rings. The van der Waals surface area contributed by atoms with Crippen molar-refractivity contribution in [2.45, 2.75) is 44.8 Å². The van der Waals surface area contributed by atoms with Crippen LogP contribution in [0, 0.1) is 0 Å².